The highest BCUT2D eigenvalue weighted by atomic mass is 16.1. The molecule has 20 heavy (non-hydrogen) atoms. The lowest BCUT2D eigenvalue weighted by molar-refractivity contribution is 0.0922. The van der Waals surface area contributed by atoms with E-state index in [0.717, 1.165) is 23.2 Å². The van der Waals surface area contributed by atoms with Gasteiger partial charge in [0, 0.05) is 18.8 Å². The Kier molecular flexibility index (Phi) is 5.05. The van der Waals surface area contributed by atoms with Crippen LogP contribution in [-0.4, -0.2) is 19.0 Å². The molecule has 1 amide bonds. The highest BCUT2D eigenvalue weighted by Crippen LogP contribution is 2.24. The Hall–Kier alpha value is -1.51. The molecule has 3 heteroatoms. The van der Waals surface area contributed by atoms with Gasteiger partial charge in [0.05, 0.1) is 5.56 Å². The van der Waals surface area contributed by atoms with Crippen molar-refractivity contribution < 1.29 is 4.79 Å². The van der Waals surface area contributed by atoms with E-state index in [2.05, 4.69) is 17.6 Å². The van der Waals surface area contributed by atoms with Gasteiger partial charge >= 0.3 is 0 Å². The minimum absolute atomic E-state index is 0.0526. The van der Waals surface area contributed by atoms with Crippen molar-refractivity contribution in [2.75, 3.05) is 12.4 Å². The van der Waals surface area contributed by atoms with Crippen LogP contribution in [0.25, 0.3) is 0 Å². The molecule has 0 heterocycles. The Balaban J connectivity index is 2.12. The molecular formula is C17H26N2O. The standard InChI is InChI=1S/C17H26N2O/c1-12-9-10-16(18-3)14(11-12)17(20)19-15-8-6-4-5-7-13(15)2/h9-11,13,15,18H,4-8H2,1-3H3,(H,19,20). The molecule has 2 rings (SSSR count). The monoisotopic (exact) mass is 274 g/mol. The van der Waals surface area contributed by atoms with Gasteiger partial charge < -0.3 is 10.6 Å². The summed E-state index contributed by atoms with van der Waals surface area (Å²) in [5.41, 5.74) is 2.77. The van der Waals surface area contributed by atoms with Gasteiger partial charge in [-0.1, -0.05) is 37.8 Å². The van der Waals surface area contributed by atoms with E-state index in [0.29, 0.717) is 12.0 Å². The molecule has 1 saturated carbocycles. The summed E-state index contributed by atoms with van der Waals surface area (Å²) >= 11 is 0. The van der Waals surface area contributed by atoms with Gasteiger partial charge in [0.1, 0.15) is 0 Å². The molecule has 0 radical (unpaired) electrons. The summed E-state index contributed by atoms with van der Waals surface area (Å²) in [5.74, 6) is 0.626. The Labute approximate surface area is 122 Å². The number of carbonyl (C=O) groups excluding carboxylic acids is 1. The van der Waals surface area contributed by atoms with Crippen molar-refractivity contribution in [3.05, 3.63) is 29.3 Å². The molecule has 0 saturated heterocycles. The van der Waals surface area contributed by atoms with Crippen molar-refractivity contribution in [1.29, 1.82) is 0 Å². The Morgan fingerprint density at radius 1 is 1.20 bits per heavy atom. The summed E-state index contributed by atoms with van der Waals surface area (Å²) < 4.78 is 0. The van der Waals surface area contributed by atoms with Gasteiger partial charge in [0.25, 0.3) is 5.91 Å². The first kappa shape index (κ1) is 14.9. The number of nitrogens with one attached hydrogen (secondary N) is 2. The van der Waals surface area contributed by atoms with Crippen LogP contribution in [0.15, 0.2) is 18.2 Å². The molecule has 1 aliphatic carbocycles. The maximum absolute atomic E-state index is 12.6. The fraction of sp³-hybridized carbons (Fsp3) is 0.588. The Morgan fingerprint density at radius 3 is 2.70 bits per heavy atom. The fourth-order valence-corrected chi connectivity index (χ4v) is 3.02. The zero-order valence-electron chi connectivity index (χ0n) is 12.8. The summed E-state index contributed by atoms with van der Waals surface area (Å²) in [6.45, 7) is 4.27. The molecule has 0 aromatic heterocycles. The third-order valence-corrected chi connectivity index (χ3v) is 4.37. The molecule has 0 spiro atoms. The number of carbonyl (C=O) groups is 1. The number of benzene rings is 1. The van der Waals surface area contributed by atoms with E-state index in [1.54, 1.807) is 0 Å². The lowest BCUT2D eigenvalue weighted by Gasteiger charge is -2.23. The van der Waals surface area contributed by atoms with Crippen LogP contribution in [0.5, 0.6) is 0 Å². The van der Waals surface area contributed by atoms with Gasteiger partial charge in [-0.15, -0.1) is 0 Å². The SMILES string of the molecule is CNc1ccc(C)cc1C(=O)NC1CCCCCC1C. The quantitative estimate of drug-likeness (QED) is 0.824. The van der Waals surface area contributed by atoms with Crippen LogP contribution in [0.3, 0.4) is 0 Å². The molecule has 2 atom stereocenters. The minimum atomic E-state index is 0.0526. The second-order valence-electron chi connectivity index (χ2n) is 5.99. The molecular weight excluding hydrogens is 248 g/mol. The lowest BCUT2D eigenvalue weighted by Crippen LogP contribution is -2.39. The normalized spacial score (nSPS) is 22.9. The molecule has 3 nitrogen and oxygen atoms in total. The topological polar surface area (TPSA) is 41.1 Å². The summed E-state index contributed by atoms with van der Waals surface area (Å²) in [6.07, 6.45) is 6.13. The number of hydrogen-bond donors (Lipinski definition) is 2. The predicted molar refractivity (Wildman–Crippen MR) is 84.2 cm³/mol. The highest BCUT2D eigenvalue weighted by molar-refractivity contribution is 6.00. The average molecular weight is 274 g/mol. The van der Waals surface area contributed by atoms with Gasteiger partial charge in [-0.3, -0.25) is 4.79 Å². The number of hydrogen-bond acceptors (Lipinski definition) is 2. The van der Waals surface area contributed by atoms with E-state index >= 15 is 0 Å². The van der Waals surface area contributed by atoms with E-state index in [4.69, 9.17) is 0 Å². The predicted octanol–water partition coefficient (Wildman–Crippen LogP) is 3.74. The molecule has 0 aliphatic heterocycles. The maximum atomic E-state index is 12.6. The van der Waals surface area contributed by atoms with Crippen molar-refractivity contribution >= 4 is 11.6 Å². The fourth-order valence-electron chi connectivity index (χ4n) is 3.02. The van der Waals surface area contributed by atoms with Gasteiger partial charge in [0.2, 0.25) is 0 Å². The van der Waals surface area contributed by atoms with Crippen LogP contribution in [0.2, 0.25) is 0 Å². The average Bonchev–Trinajstić information content (AvgIpc) is 2.64. The number of anilines is 1. The van der Waals surface area contributed by atoms with E-state index in [1.807, 2.05) is 32.2 Å². The van der Waals surface area contributed by atoms with Gasteiger partial charge in [-0.05, 0) is 37.8 Å². The second kappa shape index (κ2) is 6.78. The third-order valence-electron chi connectivity index (χ3n) is 4.37. The van der Waals surface area contributed by atoms with Crippen LogP contribution in [0.1, 0.15) is 54.9 Å². The van der Waals surface area contributed by atoms with Crippen LogP contribution >= 0.6 is 0 Å². The van der Waals surface area contributed by atoms with E-state index in [-0.39, 0.29) is 5.91 Å². The first-order valence-corrected chi connectivity index (χ1v) is 7.71. The molecule has 1 aliphatic rings. The molecule has 2 N–H and O–H groups in total. The van der Waals surface area contributed by atoms with Crippen molar-refractivity contribution in [2.24, 2.45) is 5.92 Å². The van der Waals surface area contributed by atoms with Crippen LogP contribution in [0, 0.1) is 12.8 Å². The summed E-state index contributed by atoms with van der Waals surface area (Å²) in [5, 5.41) is 6.35. The van der Waals surface area contributed by atoms with Gasteiger partial charge in [-0.25, -0.2) is 0 Å². The van der Waals surface area contributed by atoms with E-state index in [1.165, 1.54) is 25.7 Å². The lowest BCUT2D eigenvalue weighted by atomic mass is 9.96. The second-order valence-corrected chi connectivity index (χ2v) is 5.99. The first-order chi connectivity index (χ1) is 9.61. The zero-order valence-corrected chi connectivity index (χ0v) is 12.8. The van der Waals surface area contributed by atoms with Crippen molar-refractivity contribution in [1.82, 2.24) is 5.32 Å². The molecule has 110 valence electrons. The minimum Gasteiger partial charge on any atom is -0.387 e. The van der Waals surface area contributed by atoms with Crippen LogP contribution < -0.4 is 10.6 Å². The van der Waals surface area contributed by atoms with Crippen molar-refractivity contribution in [2.45, 2.75) is 52.0 Å². The van der Waals surface area contributed by atoms with Crippen LogP contribution in [-0.2, 0) is 0 Å². The Morgan fingerprint density at radius 2 is 1.95 bits per heavy atom. The van der Waals surface area contributed by atoms with Crippen LogP contribution in [0.4, 0.5) is 5.69 Å². The smallest absolute Gasteiger partial charge is 0.253 e. The summed E-state index contributed by atoms with van der Waals surface area (Å²) in [7, 11) is 1.86. The molecule has 1 aromatic rings. The largest absolute Gasteiger partial charge is 0.387 e. The van der Waals surface area contributed by atoms with Gasteiger partial charge in [0.15, 0.2) is 0 Å². The van der Waals surface area contributed by atoms with Crippen molar-refractivity contribution in [3.8, 4) is 0 Å². The molecule has 1 aromatic carbocycles. The first-order valence-electron chi connectivity index (χ1n) is 7.71. The third kappa shape index (κ3) is 3.53. The zero-order chi connectivity index (χ0) is 14.5. The number of amides is 1. The Bertz CT molecular complexity index is 470. The summed E-state index contributed by atoms with van der Waals surface area (Å²) in [6, 6.07) is 6.27. The number of rotatable bonds is 3. The highest BCUT2D eigenvalue weighted by Gasteiger charge is 2.23. The molecule has 1 fully saturated rings. The summed E-state index contributed by atoms with van der Waals surface area (Å²) in [4.78, 5) is 12.6. The van der Waals surface area contributed by atoms with Crippen molar-refractivity contribution in [3.63, 3.8) is 0 Å². The maximum Gasteiger partial charge on any atom is 0.253 e. The van der Waals surface area contributed by atoms with E-state index in [9.17, 15) is 4.79 Å². The molecule has 2 unspecified atom stereocenters. The number of aryl methyl sites for hydroxylation is 1. The van der Waals surface area contributed by atoms with Gasteiger partial charge in [-0.2, -0.15) is 0 Å². The molecule has 0 bridgehead atoms. The van der Waals surface area contributed by atoms with E-state index < -0.39 is 0 Å².